The fourth-order valence-corrected chi connectivity index (χ4v) is 1.51. The third kappa shape index (κ3) is 5.77. The molecule has 78 valence electrons. The summed E-state index contributed by atoms with van der Waals surface area (Å²) in [5, 5.41) is 0. The lowest BCUT2D eigenvalue weighted by Gasteiger charge is -2.15. The number of rotatable bonds is 6. The second kappa shape index (κ2) is 6.11. The predicted molar refractivity (Wildman–Crippen MR) is 55.3 cm³/mol. The lowest BCUT2D eigenvalue weighted by atomic mass is 9.92. The third-order valence-electron chi connectivity index (χ3n) is 2.09. The van der Waals surface area contributed by atoms with Crippen molar-refractivity contribution in [1.82, 2.24) is 0 Å². The van der Waals surface area contributed by atoms with E-state index in [0.717, 1.165) is 6.42 Å². The Labute approximate surface area is 80.9 Å². The molecule has 0 aliphatic rings. The average Bonchev–Trinajstić information content (AvgIpc) is 2.01. The van der Waals surface area contributed by atoms with E-state index in [9.17, 15) is 4.79 Å². The van der Waals surface area contributed by atoms with Crippen LogP contribution in [0, 0.1) is 11.8 Å². The normalized spacial score (nSPS) is 15.8. The molecule has 1 unspecified atom stereocenters. The first-order valence-corrected chi connectivity index (χ1v) is 4.95. The Morgan fingerprint density at radius 1 is 1.31 bits per heavy atom. The second-order valence-electron chi connectivity index (χ2n) is 4.25. The van der Waals surface area contributed by atoms with Crippen molar-refractivity contribution in [1.29, 1.82) is 0 Å². The quantitative estimate of drug-likeness (QED) is 0.648. The summed E-state index contributed by atoms with van der Waals surface area (Å²) in [4.78, 5) is 11.4. The van der Waals surface area contributed by atoms with E-state index in [1.165, 1.54) is 0 Å². The van der Waals surface area contributed by atoms with E-state index in [1.807, 2.05) is 0 Å². The summed E-state index contributed by atoms with van der Waals surface area (Å²) in [6, 6.07) is -0.463. The summed E-state index contributed by atoms with van der Waals surface area (Å²) < 4.78 is 0. The highest BCUT2D eigenvalue weighted by atomic mass is 16.1. The molecule has 0 rings (SSSR count). The number of hydrogen-bond acceptors (Lipinski definition) is 3. The second-order valence-corrected chi connectivity index (χ2v) is 4.25. The molecule has 0 aromatic heterocycles. The van der Waals surface area contributed by atoms with Crippen LogP contribution in [0.5, 0.6) is 0 Å². The molecule has 0 radical (unpaired) electrons. The topological polar surface area (TPSA) is 69.1 Å². The van der Waals surface area contributed by atoms with Crippen LogP contribution in [0.3, 0.4) is 0 Å². The largest absolute Gasteiger partial charge is 0.328 e. The molecule has 3 nitrogen and oxygen atoms in total. The Kier molecular flexibility index (Phi) is 5.91. The molecular weight excluding hydrogens is 164 g/mol. The van der Waals surface area contributed by atoms with Crippen molar-refractivity contribution in [3.05, 3.63) is 0 Å². The summed E-state index contributed by atoms with van der Waals surface area (Å²) in [6.45, 7) is 6.65. The van der Waals surface area contributed by atoms with Crippen molar-refractivity contribution in [2.45, 2.75) is 39.7 Å². The van der Waals surface area contributed by atoms with E-state index in [0.29, 0.717) is 18.3 Å². The standard InChI is InChI=1S/C10H22N2O/c1-7(2)4-8(3)5-10(13)9(12)6-11/h7-9H,4-6,11-12H2,1-3H3/t8?,9-/m0/s1. The van der Waals surface area contributed by atoms with E-state index >= 15 is 0 Å². The number of carbonyl (C=O) groups excluding carboxylic acids is 1. The van der Waals surface area contributed by atoms with Crippen LogP contribution in [0.25, 0.3) is 0 Å². The molecule has 0 spiro atoms. The van der Waals surface area contributed by atoms with Crippen LogP contribution in [0.1, 0.15) is 33.6 Å². The summed E-state index contributed by atoms with van der Waals surface area (Å²) in [5.74, 6) is 1.15. The van der Waals surface area contributed by atoms with E-state index in [2.05, 4.69) is 20.8 Å². The Balaban J connectivity index is 3.77. The van der Waals surface area contributed by atoms with Crippen molar-refractivity contribution in [2.24, 2.45) is 23.3 Å². The van der Waals surface area contributed by atoms with E-state index in [1.54, 1.807) is 0 Å². The van der Waals surface area contributed by atoms with Crippen LogP contribution < -0.4 is 11.5 Å². The molecule has 0 bridgehead atoms. The van der Waals surface area contributed by atoms with Crippen LogP contribution in [-0.4, -0.2) is 18.4 Å². The van der Waals surface area contributed by atoms with Gasteiger partial charge in [-0.3, -0.25) is 4.79 Å². The zero-order valence-corrected chi connectivity index (χ0v) is 8.92. The zero-order valence-electron chi connectivity index (χ0n) is 8.92. The Morgan fingerprint density at radius 3 is 2.23 bits per heavy atom. The van der Waals surface area contributed by atoms with Crippen molar-refractivity contribution in [3.63, 3.8) is 0 Å². The first-order valence-electron chi connectivity index (χ1n) is 4.95. The zero-order chi connectivity index (χ0) is 10.4. The lowest BCUT2D eigenvalue weighted by molar-refractivity contribution is -0.120. The highest BCUT2D eigenvalue weighted by Crippen LogP contribution is 2.15. The van der Waals surface area contributed by atoms with Gasteiger partial charge in [0.15, 0.2) is 5.78 Å². The first kappa shape index (κ1) is 12.6. The van der Waals surface area contributed by atoms with Gasteiger partial charge in [-0.05, 0) is 18.3 Å². The van der Waals surface area contributed by atoms with Crippen molar-refractivity contribution in [2.75, 3.05) is 6.54 Å². The lowest BCUT2D eigenvalue weighted by Crippen LogP contribution is -2.38. The minimum absolute atomic E-state index is 0.0932. The summed E-state index contributed by atoms with van der Waals surface area (Å²) in [6.07, 6.45) is 1.64. The maximum absolute atomic E-state index is 11.4. The Morgan fingerprint density at radius 2 is 1.85 bits per heavy atom. The molecule has 4 N–H and O–H groups in total. The van der Waals surface area contributed by atoms with Gasteiger partial charge in [0.25, 0.3) is 0 Å². The molecule has 0 aliphatic carbocycles. The van der Waals surface area contributed by atoms with E-state index in [-0.39, 0.29) is 12.3 Å². The maximum atomic E-state index is 11.4. The molecular formula is C10H22N2O. The van der Waals surface area contributed by atoms with Crippen molar-refractivity contribution >= 4 is 5.78 Å². The van der Waals surface area contributed by atoms with Crippen molar-refractivity contribution < 1.29 is 4.79 Å². The van der Waals surface area contributed by atoms with Gasteiger partial charge >= 0.3 is 0 Å². The molecule has 0 saturated heterocycles. The molecule has 0 amide bonds. The van der Waals surface area contributed by atoms with Crippen LogP contribution >= 0.6 is 0 Å². The number of ketones is 1. The number of hydrogen-bond donors (Lipinski definition) is 2. The molecule has 0 aromatic rings. The predicted octanol–water partition coefficient (Wildman–Crippen LogP) is 0.914. The molecule has 3 heteroatoms. The van der Waals surface area contributed by atoms with Gasteiger partial charge in [0.05, 0.1) is 6.04 Å². The summed E-state index contributed by atoms with van der Waals surface area (Å²) in [7, 11) is 0. The molecule has 0 aromatic carbocycles. The molecule has 0 fully saturated rings. The molecule has 2 atom stereocenters. The smallest absolute Gasteiger partial charge is 0.151 e. The molecule has 13 heavy (non-hydrogen) atoms. The minimum Gasteiger partial charge on any atom is -0.328 e. The molecule has 0 aliphatic heterocycles. The summed E-state index contributed by atoms with van der Waals surface area (Å²) in [5.41, 5.74) is 10.8. The van der Waals surface area contributed by atoms with Gasteiger partial charge in [-0.15, -0.1) is 0 Å². The third-order valence-corrected chi connectivity index (χ3v) is 2.09. The van der Waals surface area contributed by atoms with Gasteiger partial charge in [-0.25, -0.2) is 0 Å². The fraction of sp³-hybridized carbons (Fsp3) is 0.900. The van der Waals surface area contributed by atoms with Crippen LogP contribution in [-0.2, 0) is 4.79 Å². The van der Waals surface area contributed by atoms with Gasteiger partial charge < -0.3 is 11.5 Å². The molecule has 0 heterocycles. The van der Waals surface area contributed by atoms with Crippen LogP contribution in [0.15, 0.2) is 0 Å². The number of carbonyl (C=O) groups is 1. The fourth-order valence-electron chi connectivity index (χ4n) is 1.51. The Hall–Kier alpha value is -0.410. The SMILES string of the molecule is CC(C)CC(C)CC(=O)[C@@H](N)CN. The first-order chi connectivity index (χ1) is 5.97. The van der Waals surface area contributed by atoms with E-state index in [4.69, 9.17) is 11.5 Å². The Bertz CT molecular complexity index is 157. The minimum atomic E-state index is -0.463. The highest BCUT2D eigenvalue weighted by molar-refractivity contribution is 5.84. The number of Topliss-reactive ketones (excluding diaryl/α,β-unsaturated/α-hetero) is 1. The van der Waals surface area contributed by atoms with Gasteiger partial charge in [0.1, 0.15) is 0 Å². The van der Waals surface area contributed by atoms with Crippen LogP contribution in [0.2, 0.25) is 0 Å². The van der Waals surface area contributed by atoms with E-state index < -0.39 is 6.04 Å². The van der Waals surface area contributed by atoms with Crippen LogP contribution in [0.4, 0.5) is 0 Å². The number of nitrogens with two attached hydrogens (primary N) is 2. The van der Waals surface area contributed by atoms with Gasteiger partial charge in [0.2, 0.25) is 0 Å². The van der Waals surface area contributed by atoms with Gasteiger partial charge in [0, 0.05) is 13.0 Å². The maximum Gasteiger partial charge on any atom is 0.151 e. The highest BCUT2D eigenvalue weighted by Gasteiger charge is 2.15. The van der Waals surface area contributed by atoms with Gasteiger partial charge in [-0.1, -0.05) is 20.8 Å². The summed E-state index contributed by atoms with van der Waals surface area (Å²) >= 11 is 0. The monoisotopic (exact) mass is 186 g/mol. The average molecular weight is 186 g/mol. The van der Waals surface area contributed by atoms with Crippen molar-refractivity contribution in [3.8, 4) is 0 Å². The molecule has 0 saturated carbocycles. The van der Waals surface area contributed by atoms with Gasteiger partial charge in [-0.2, -0.15) is 0 Å².